The first-order valence-electron chi connectivity index (χ1n) is 5.02. The summed E-state index contributed by atoms with van der Waals surface area (Å²) in [6.45, 7) is 0. The minimum Gasteiger partial charge on any atom is -0.327 e. The van der Waals surface area contributed by atoms with Gasteiger partial charge in [0.25, 0.3) is 0 Å². The molecule has 1 unspecified atom stereocenters. The van der Waals surface area contributed by atoms with E-state index in [1.807, 2.05) is 0 Å². The molecular formula is C11H19N. The lowest BCUT2D eigenvalue weighted by Gasteiger charge is -2.11. The van der Waals surface area contributed by atoms with Crippen LogP contribution in [0.2, 0.25) is 0 Å². The van der Waals surface area contributed by atoms with E-state index in [9.17, 15) is 0 Å². The highest BCUT2D eigenvalue weighted by molar-refractivity contribution is 4.88. The molecule has 1 atom stereocenters. The van der Waals surface area contributed by atoms with Crippen LogP contribution in [-0.4, -0.2) is 6.04 Å². The highest BCUT2D eigenvalue weighted by Crippen LogP contribution is 2.28. The summed E-state index contributed by atoms with van der Waals surface area (Å²) in [6.07, 6.45) is 14.0. The minimum absolute atomic E-state index is 0.246. The van der Waals surface area contributed by atoms with Crippen LogP contribution >= 0.6 is 0 Å². The van der Waals surface area contributed by atoms with Crippen molar-refractivity contribution in [3.05, 3.63) is 0 Å². The molecule has 0 radical (unpaired) electrons. The Kier molecular flexibility index (Phi) is 4.18. The van der Waals surface area contributed by atoms with Gasteiger partial charge in [-0.1, -0.05) is 25.7 Å². The zero-order valence-corrected chi connectivity index (χ0v) is 7.76. The Bertz CT molecular complexity index is 151. The van der Waals surface area contributed by atoms with E-state index in [1.165, 1.54) is 32.1 Å². The lowest BCUT2D eigenvalue weighted by molar-refractivity contribution is 0.451. The molecule has 1 rings (SSSR count). The first-order chi connectivity index (χ1) is 5.83. The monoisotopic (exact) mass is 165 g/mol. The predicted molar refractivity (Wildman–Crippen MR) is 52.6 cm³/mol. The van der Waals surface area contributed by atoms with Crippen LogP contribution in [0, 0.1) is 18.3 Å². The molecule has 1 aliphatic carbocycles. The summed E-state index contributed by atoms with van der Waals surface area (Å²) in [4.78, 5) is 0. The van der Waals surface area contributed by atoms with Crippen LogP contribution in [0.3, 0.4) is 0 Å². The summed E-state index contributed by atoms with van der Waals surface area (Å²) in [5.41, 5.74) is 5.82. The SMILES string of the molecule is C#CCC(N)CCC1CCCC1. The average molecular weight is 165 g/mol. The Labute approximate surface area is 75.7 Å². The van der Waals surface area contributed by atoms with Gasteiger partial charge in [0.2, 0.25) is 0 Å². The maximum absolute atomic E-state index is 5.82. The number of nitrogens with two attached hydrogens (primary N) is 1. The second-order valence-electron chi connectivity index (χ2n) is 3.90. The third-order valence-corrected chi connectivity index (χ3v) is 2.80. The first-order valence-corrected chi connectivity index (χ1v) is 5.02. The van der Waals surface area contributed by atoms with Crippen molar-refractivity contribution in [2.45, 2.75) is 51.0 Å². The summed E-state index contributed by atoms with van der Waals surface area (Å²) in [5.74, 6) is 3.57. The zero-order chi connectivity index (χ0) is 8.81. The fourth-order valence-corrected chi connectivity index (χ4v) is 2.00. The van der Waals surface area contributed by atoms with Crippen molar-refractivity contribution >= 4 is 0 Å². The molecule has 1 saturated carbocycles. The van der Waals surface area contributed by atoms with Gasteiger partial charge in [-0.2, -0.15) is 0 Å². The van der Waals surface area contributed by atoms with Gasteiger partial charge in [-0.15, -0.1) is 12.3 Å². The van der Waals surface area contributed by atoms with Gasteiger partial charge in [0.15, 0.2) is 0 Å². The Morgan fingerprint density at radius 3 is 2.67 bits per heavy atom. The Hall–Kier alpha value is -0.480. The Morgan fingerprint density at radius 2 is 2.08 bits per heavy atom. The molecule has 0 aromatic heterocycles. The van der Waals surface area contributed by atoms with Gasteiger partial charge in [0, 0.05) is 12.5 Å². The van der Waals surface area contributed by atoms with Crippen LogP contribution in [0.4, 0.5) is 0 Å². The summed E-state index contributed by atoms with van der Waals surface area (Å²) in [5, 5.41) is 0. The predicted octanol–water partition coefficient (Wildman–Crippen LogP) is 2.31. The van der Waals surface area contributed by atoms with Crippen LogP contribution in [0.5, 0.6) is 0 Å². The molecule has 0 aliphatic heterocycles. The van der Waals surface area contributed by atoms with E-state index in [2.05, 4.69) is 5.92 Å². The Morgan fingerprint density at radius 1 is 1.42 bits per heavy atom. The van der Waals surface area contributed by atoms with Gasteiger partial charge in [0.05, 0.1) is 0 Å². The zero-order valence-electron chi connectivity index (χ0n) is 7.76. The summed E-state index contributed by atoms with van der Waals surface area (Å²) in [7, 11) is 0. The van der Waals surface area contributed by atoms with E-state index in [4.69, 9.17) is 12.2 Å². The van der Waals surface area contributed by atoms with E-state index in [-0.39, 0.29) is 6.04 Å². The van der Waals surface area contributed by atoms with Crippen molar-refractivity contribution in [1.82, 2.24) is 0 Å². The summed E-state index contributed by atoms with van der Waals surface area (Å²) >= 11 is 0. The molecule has 68 valence electrons. The first kappa shape index (κ1) is 9.61. The standard InChI is InChI=1S/C11H19N/c1-2-5-11(12)9-8-10-6-3-4-7-10/h1,10-11H,3-9,12H2. The van der Waals surface area contributed by atoms with Crippen LogP contribution in [0.15, 0.2) is 0 Å². The average Bonchev–Trinajstić information content (AvgIpc) is 2.53. The molecule has 12 heavy (non-hydrogen) atoms. The normalized spacial score (nSPS) is 20.7. The summed E-state index contributed by atoms with van der Waals surface area (Å²) in [6, 6.07) is 0.246. The van der Waals surface area contributed by atoms with Crippen LogP contribution in [0.1, 0.15) is 44.9 Å². The lowest BCUT2D eigenvalue weighted by atomic mass is 9.98. The fraction of sp³-hybridized carbons (Fsp3) is 0.818. The molecule has 1 heteroatoms. The quantitative estimate of drug-likeness (QED) is 0.636. The molecule has 0 aromatic rings. The molecule has 0 spiro atoms. The maximum atomic E-state index is 5.82. The van der Waals surface area contributed by atoms with Crippen molar-refractivity contribution in [3.8, 4) is 12.3 Å². The van der Waals surface area contributed by atoms with E-state index < -0.39 is 0 Å². The molecule has 0 aromatic carbocycles. The van der Waals surface area contributed by atoms with Crippen molar-refractivity contribution in [3.63, 3.8) is 0 Å². The lowest BCUT2D eigenvalue weighted by Crippen LogP contribution is -2.19. The van der Waals surface area contributed by atoms with Crippen molar-refractivity contribution in [1.29, 1.82) is 0 Å². The highest BCUT2D eigenvalue weighted by atomic mass is 14.6. The van der Waals surface area contributed by atoms with Crippen molar-refractivity contribution in [2.24, 2.45) is 11.7 Å². The van der Waals surface area contributed by atoms with Gasteiger partial charge in [-0.05, 0) is 18.8 Å². The second kappa shape index (κ2) is 5.22. The highest BCUT2D eigenvalue weighted by Gasteiger charge is 2.15. The van der Waals surface area contributed by atoms with E-state index in [0.717, 1.165) is 18.8 Å². The van der Waals surface area contributed by atoms with Crippen LogP contribution in [-0.2, 0) is 0 Å². The molecule has 0 heterocycles. The van der Waals surface area contributed by atoms with Gasteiger partial charge in [-0.25, -0.2) is 0 Å². The topological polar surface area (TPSA) is 26.0 Å². The second-order valence-corrected chi connectivity index (χ2v) is 3.90. The number of hydrogen-bond acceptors (Lipinski definition) is 1. The van der Waals surface area contributed by atoms with Crippen LogP contribution in [0.25, 0.3) is 0 Å². The van der Waals surface area contributed by atoms with E-state index in [0.29, 0.717) is 0 Å². The van der Waals surface area contributed by atoms with Crippen molar-refractivity contribution < 1.29 is 0 Å². The molecule has 1 aliphatic rings. The van der Waals surface area contributed by atoms with Gasteiger partial charge >= 0.3 is 0 Å². The van der Waals surface area contributed by atoms with Gasteiger partial charge in [-0.3, -0.25) is 0 Å². The molecule has 1 nitrogen and oxygen atoms in total. The molecule has 1 fully saturated rings. The molecule has 0 bridgehead atoms. The minimum atomic E-state index is 0.246. The largest absolute Gasteiger partial charge is 0.327 e. The molecular weight excluding hydrogens is 146 g/mol. The third kappa shape index (κ3) is 3.28. The summed E-state index contributed by atoms with van der Waals surface area (Å²) < 4.78 is 0. The fourth-order valence-electron chi connectivity index (χ4n) is 2.00. The third-order valence-electron chi connectivity index (χ3n) is 2.80. The van der Waals surface area contributed by atoms with E-state index >= 15 is 0 Å². The maximum Gasteiger partial charge on any atom is 0.0238 e. The number of terminal acetylenes is 1. The number of hydrogen-bond donors (Lipinski definition) is 1. The number of rotatable bonds is 4. The Balaban J connectivity index is 2.04. The molecule has 2 N–H and O–H groups in total. The van der Waals surface area contributed by atoms with Gasteiger partial charge < -0.3 is 5.73 Å². The molecule has 0 amide bonds. The van der Waals surface area contributed by atoms with Crippen LogP contribution < -0.4 is 5.73 Å². The smallest absolute Gasteiger partial charge is 0.0238 e. The van der Waals surface area contributed by atoms with Gasteiger partial charge in [0.1, 0.15) is 0 Å². The van der Waals surface area contributed by atoms with Crippen molar-refractivity contribution in [2.75, 3.05) is 0 Å². The van der Waals surface area contributed by atoms with E-state index in [1.54, 1.807) is 0 Å². The molecule has 0 saturated heterocycles.